The van der Waals surface area contributed by atoms with Crippen LogP contribution in [0.5, 0.6) is 0 Å². The van der Waals surface area contributed by atoms with Crippen LogP contribution in [0.25, 0.3) is 0 Å². The van der Waals surface area contributed by atoms with E-state index in [4.69, 9.17) is 0 Å². The number of rotatable bonds is 4. The highest BCUT2D eigenvalue weighted by molar-refractivity contribution is 9.09. The van der Waals surface area contributed by atoms with Gasteiger partial charge < -0.3 is 10.2 Å². The first-order valence-electron chi connectivity index (χ1n) is 3.94. The minimum atomic E-state index is -1.00. The summed E-state index contributed by atoms with van der Waals surface area (Å²) >= 11 is 3.18. The molecule has 0 aliphatic carbocycles. The van der Waals surface area contributed by atoms with E-state index in [2.05, 4.69) is 25.9 Å². The van der Waals surface area contributed by atoms with Crippen molar-refractivity contribution in [1.29, 1.82) is 0 Å². The summed E-state index contributed by atoms with van der Waals surface area (Å²) in [4.78, 5) is 7.69. The molecule has 0 spiro atoms. The molecule has 13 heavy (non-hydrogen) atoms. The Bertz CT molecular complexity index is 245. The quantitative estimate of drug-likeness (QED) is 0.767. The van der Waals surface area contributed by atoms with Crippen LogP contribution in [0.4, 0.5) is 0 Å². The van der Waals surface area contributed by atoms with Gasteiger partial charge in [0, 0.05) is 17.7 Å². The number of halogens is 1. The largest absolute Gasteiger partial charge is 0.390 e. The van der Waals surface area contributed by atoms with Gasteiger partial charge in [-0.3, -0.25) is 0 Å². The molecule has 2 atom stereocenters. The van der Waals surface area contributed by atoms with Gasteiger partial charge >= 0.3 is 0 Å². The van der Waals surface area contributed by atoms with E-state index in [9.17, 15) is 10.2 Å². The van der Waals surface area contributed by atoms with E-state index in [0.717, 1.165) is 0 Å². The van der Waals surface area contributed by atoms with Gasteiger partial charge in [-0.2, -0.15) is 0 Å². The fourth-order valence-electron chi connectivity index (χ4n) is 0.905. The number of alkyl halides is 1. The first kappa shape index (κ1) is 10.6. The normalized spacial score (nSPS) is 15.3. The number of aromatic nitrogens is 2. The van der Waals surface area contributed by atoms with Crippen LogP contribution in [0.15, 0.2) is 18.5 Å². The number of aliphatic hydroxyl groups is 2. The summed E-state index contributed by atoms with van der Waals surface area (Å²) in [6, 6.07) is 1.66. The third kappa shape index (κ3) is 3.02. The van der Waals surface area contributed by atoms with Crippen LogP contribution in [-0.4, -0.2) is 31.6 Å². The van der Waals surface area contributed by atoms with E-state index in [-0.39, 0.29) is 5.82 Å². The minimum Gasteiger partial charge on any atom is -0.390 e. The van der Waals surface area contributed by atoms with Gasteiger partial charge in [0.2, 0.25) is 0 Å². The van der Waals surface area contributed by atoms with Crippen LogP contribution in [-0.2, 0) is 0 Å². The second-order valence-electron chi connectivity index (χ2n) is 2.60. The first-order valence-corrected chi connectivity index (χ1v) is 5.07. The van der Waals surface area contributed by atoms with Crippen molar-refractivity contribution < 1.29 is 10.2 Å². The Labute approximate surface area is 84.8 Å². The molecule has 1 heterocycles. The molecule has 0 amide bonds. The van der Waals surface area contributed by atoms with E-state index in [1.54, 1.807) is 6.07 Å². The second-order valence-corrected chi connectivity index (χ2v) is 3.39. The van der Waals surface area contributed by atoms with E-state index < -0.39 is 12.2 Å². The molecule has 0 aliphatic heterocycles. The predicted octanol–water partition coefficient (Wildman–Crippen LogP) is 0.656. The molecule has 1 aromatic heterocycles. The zero-order chi connectivity index (χ0) is 9.68. The van der Waals surface area contributed by atoms with Crippen LogP contribution in [0.1, 0.15) is 18.3 Å². The van der Waals surface area contributed by atoms with Crippen molar-refractivity contribution in [1.82, 2.24) is 9.97 Å². The Morgan fingerprint density at radius 3 is 2.46 bits per heavy atom. The Morgan fingerprint density at radius 2 is 1.92 bits per heavy atom. The smallest absolute Gasteiger partial charge is 0.159 e. The number of aliphatic hydroxyl groups excluding tert-OH is 2. The molecule has 0 bridgehead atoms. The third-order valence-electron chi connectivity index (χ3n) is 1.62. The SMILES string of the molecule is OC(CCBr)C(O)c1ncccn1. The molecule has 2 N–H and O–H groups in total. The summed E-state index contributed by atoms with van der Waals surface area (Å²) in [6.07, 6.45) is 1.72. The van der Waals surface area contributed by atoms with Crippen molar-refractivity contribution in [2.24, 2.45) is 0 Å². The molecule has 2 unspecified atom stereocenters. The summed E-state index contributed by atoms with van der Waals surface area (Å²) in [5.74, 6) is 0.260. The van der Waals surface area contributed by atoms with Gasteiger partial charge in [0.1, 0.15) is 6.10 Å². The highest BCUT2D eigenvalue weighted by Crippen LogP contribution is 2.14. The van der Waals surface area contributed by atoms with E-state index in [1.807, 2.05) is 0 Å². The van der Waals surface area contributed by atoms with E-state index in [0.29, 0.717) is 11.8 Å². The lowest BCUT2D eigenvalue weighted by molar-refractivity contribution is 0.0120. The molecule has 0 radical (unpaired) electrons. The van der Waals surface area contributed by atoms with Crippen LogP contribution >= 0.6 is 15.9 Å². The summed E-state index contributed by atoms with van der Waals surface area (Å²) in [6.45, 7) is 0. The molecule has 72 valence electrons. The second kappa shape index (κ2) is 5.26. The Kier molecular flexibility index (Phi) is 4.27. The third-order valence-corrected chi connectivity index (χ3v) is 2.08. The maximum atomic E-state index is 9.52. The van der Waals surface area contributed by atoms with Crippen LogP contribution in [0, 0.1) is 0 Å². The van der Waals surface area contributed by atoms with Gasteiger partial charge in [0.15, 0.2) is 5.82 Å². The standard InChI is InChI=1S/C8H11BrN2O2/c9-3-2-6(12)7(13)8-10-4-1-5-11-8/h1,4-7,12-13H,2-3H2. The number of nitrogens with zero attached hydrogens (tertiary/aromatic N) is 2. The topological polar surface area (TPSA) is 66.2 Å². The monoisotopic (exact) mass is 246 g/mol. The minimum absolute atomic E-state index is 0.260. The zero-order valence-corrected chi connectivity index (χ0v) is 8.55. The van der Waals surface area contributed by atoms with Crippen molar-refractivity contribution in [3.05, 3.63) is 24.3 Å². The van der Waals surface area contributed by atoms with Crippen LogP contribution in [0.2, 0.25) is 0 Å². The van der Waals surface area contributed by atoms with Gasteiger partial charge in [0.25, 0.3) is 0 Å². The Morgan fingerprint density at radius 1 is 1.31 bits per heavy atom. The highest BCUT2D eigenvalue weighted by atomic mass is 79.9. The maximum absolute atomic E-state index is 9.52. The Hall–Kier alpha value is -0.520. The number of hydrogen-bond donors (Lipinski definition) is 2. The van der Waals surface area contributed by atoms with Crippen molar-refractivity contribution in [2.75, 3.05) is 5.33 Å². The summed E-state index contributed by atoms with van der Waals surface area (Å²) in [5, 5.41) is 19.6. The lowest BCUT2D eigenvalue weighted by Gasteiger charge is -2.14. The lowest BCUT2D eigenvalue weighted by Crippen LogP contribution is -2.20. The predicted molar refractivity (Wildman–Crippen MR) is 51.4 cm³/mol. The molecule has 0 saturated heterocycles. The summed E-state index contributed by atoms with van der Waals surface area (Å²) in [5.41, 5.74) is 0. The van der Waals surface area contributed by atoms with Gasteiger partial charge in [-0.25, -0.2) is 9.97 Å². The fourth-order valence-corrected chi connectivity index (χ4v) is 1.37. The van der Waals surface area contributed by atoms with Crippen molar-refractivity contribution in [3.8, 4) is 0 Å². The molecule has 1 aromatic rings. The van der Waals surface area contributed by atoms with Gasteiger partial charge in [-0.15, -0.1) is 0 Å². The molecule has 4 nitrogen and oxygen atoms in total. The lowest BCUT2D eigenvalue weighted by atomic mass is 10.1. The summed E-state index contributed by atoms with van der Waals surface area (Å²) in [7, 11) is 0. The molecule has 1 rings (SSSR count). The molecule has 0 saturated carbocycles. The molecular weight excluding hydrogens is 236 g/mol. The zero-order valence-electron chi connectivity index (χ0n) is 6.97. The van der Waals surface area contributed by atoms with E-state index >= 15 is 0 Å². The van der Waals surface area contributed by atoms with Crippen LogP contribution in [0.3, 0.4) is 0 Å². The molecule has 0 aromatic carbocycles. The van der Waals surface area contributed by atoms with Gasteiger partial charge in [0.05, 0.1) is 6.10 Å². The average molecular weight is 247 g/mol. The fraction of sp³-hybridized carbons (Fsp3) is 0.500. The molecular formula is C8H11BrN2O2. The van der Waals surface area contributed by atoms with Crippen molar-refractivity contribution in [2.45, 2.75) is 18.6 Å². The maximum Gasteiger partial charge on any atom is 0.159 e. The first-order chi connectivity index (χ1) is 6.25. The molecule has 0 aliphatic rings. The average Bonchev–Trinajstić information content (AvgIpc) is 2.18. The number of hydrogen-bond acceptors (Lipinski definition) is 4. The summed E-state index contributed by atoms with van der Waals surface area (Å²) < 4.78 is 0. The van der Waals surface area contributed by atoms with Gasteiger partial charge in [-0.1, -0.05) is 15.9 Å². The molecule has 0 fully saturated rings. The van der Waals surface area contributed by atoms with Crippen molar-refractivity contribution in [3.63, 3.8) is 0 Å². The molecule has 5 heteroatoms. The Balaban J connectivity index is 2.62. The van der Waals surface area contributed by atoms with Crippen LogP contribution < -0.4 is 0 Å². The highest BCUT2D eigenvalue weighted by Gasteiger charge is 2.19. The van der Waals surface area contributed by atoms with Gasteiger partial charge in [-0.05, 0) is 12.5 Å². The van der Waals surface area contributed by atoms with Crippen molar-refractivity contribution >= 4 is 15.9 Å². The van der Waals surface area contributed by atoms with E-state index in [1.165, 1.54) is 12.4 Å².